The number of ether oxygens (including phenoxy) is 1. The van der Waals surface area contributed by atoms with E-state index in [2.05, 4.69) is 18.8 Å². The minimum Gasteiger partial charge on any atom is -0.453 e. The molecule has 0 aromatic carbocycles. The molecule has 2 atom stereocenters. The fourth-order valence-corrected chi connectivity index (χ4v) is 3.02. The quantitative estimate of drug-likeness (QED) is 0.842. The number of carbonyl (C=O) groups excluding carboxylic acids is 1. The molecule has 1 fully saturated rings. The normalized spacial score (nSPS) is 28.7. The third-order valence-corrected chi connectivity index (χ3v) is 3.79. The van der Waals surface area contributed by atoms with Crippen molar-refractivity contribution >= 4 is 22.4 Å². The largest absolute Gasteiger partial charge is 0.453 e. The van der Waals surface area contributed by atoms with Crippen LogP contribution >= 0.6 is 11.3 Å². The van der Waals surface area contributed by atoms with Gasteiger partial charge in [0.2, 0.25) is 0 Å². The Morgan fingerprint density at radius 1 is 1.71 bits per heavy atom. The Bertz CT molecular complexity index is 430. The zero-order valence-electron chi connectivity index (χ0n) is 10.4. The number of nitrogen functional groups attached to an aromatic ring is 1. The maximum Gasteiger partial charge on any atom is 0.310 e. The molecule has 1 aromatic heterocycles. The molecular formula is C12H18N2O2S. The third kappa shape index (κ3) is 2.44. The lowest BCUT2D eigenvalue weighted by Gasteiger charge is -2.19. The molecule has 17 heavy (non-hydrogen) atoms. The van der Waals surface area contributed by atoms with Gasteiger partial charge in [0.1, 0.15) is 0 Å². The van der Waals surface area contributed by atoms with Gasteiger partial charge in [-0.1, -0.05) is 13.8 Å². The minimum atomic E-state index is -0.592. The van der Waals surface area contributed by atoms with E-state index < -0.39 is 5.60 Å². The molecule has 5 heteroatoms. The van der Waals surface area contributed by atoms with E-state index in [4.69, 9.17) is 10.5 Å². The summed E-state index contributed by atoms with van der Waals surface area (Å²) in [7, 11) is 0. The third-order valence-electron chi connectivity index (χ3n) is 3.11. The van der Waals surface area contributed by atoms with Gasteiger partial charge in [0.15, 0.2) is 10.7 Å². The number of hydrogen-bond donors (Lipinski definition) is 1. The number of aromatic nitrogens is 1. The molecular weight excluding hydrogens is 236 g/mol. The van der Waals surface area contributed by atoms with E-state index in [9.17, 15) is 4.79 Å². The summed E-state index contributed by atoms with van der Waals surface area (Å²) >= 11 is 1.38. The standard InChI is InChI=1S/C12H18N2O2S/c1-7(2)4-8-5-12(3,16-10(8)15)9-6-17-11(13)14-9/h6-8H,4-5H2,1-3H3,(H2,13,14)/t8-,12-/m0/s1. The van der Waals surface area contributed by atoms with E-state index in [1.54, 1.807) is 0 Å². The Morgan fingerprint density at radius 3 is 2.94 bits per heavy atom. The van der Waals surface area contributed by atoms with Crippen molar-refractivity contribution in [2.45, 2.75) is 39.2 Å². The first-order valence-electron chi connectivity index (χ1n) is 5.85. The van der Waals surface area contributed by atoms with E-state index in [1.807, 2.05) is 12.3 Å². The predicted octanol–water partition coefficient (Wildman–Crippen LogP) is 2.55. The molecule has 1 aliphatic heterocycles. The highest BCUT2D eigenvalue weighted by atomic mass is 32.1. The van der Waals surface area contributed by atoms with E-state index >= 15 is 0 Å². The van der Waals surface area contributed by atoms with Crippen LogP contribution in [0.3, 0.4) is 0 Å². The number of anilines is 1. The summed E-state index contributed by atoms with van der Waals surface area (Å²) < 4.78 is 5.51. The van der Waals surface area contributed by atoms with Gasteiger partial charge >= 0.3 is 5.97 Å². The number of cyclic esters (lactones) is 1. The molecule has 0 unspecified atom stereocenters. The van der Waals surface area contributed by atoms with Gasteiger partial charge in [0.05, 0.1) is 11.6 Å². The number of thiazole rings is 1. The molecule has 4 nitrogen and oxygen atoms in total. The van der Waals surface area contributed by atoms with Gasteiger partial charge in [-0.05, 0) is 19.3 Å². The summed E-state index contributed by atoms with van der Waals surface area (Å²) in [5, 5.41) is 2.39. The number of carbonyl (C=O) groups is 1. The molecule has 0 radical (unpaired) electrons. The highest BCUT2D eigenvalue weighted by Gasteiger charge is 2.45. The van der Waals surface area contributed by atoms with Crippen LogP contribution in [0.15, 0.2) is 5.38 Å². The molecule has 2 rings (SSSR count). The zero-order valence-corrected chi connectivity index (χ0v) is 11.2. The van der Waals surface area contributed by atoms with Gasteiger partial charge in [-0.25, -0.2) is 4.98 Å². The fraction of sp³-hybridized carbons (Fsp3) is 0.667. The Hall–Kier alpha value is -1.10. The van der Waals surface area contributed by atoms with Crippen molar-refractivity contribution < 1.29 is 9.53 Å². The molecule has 2 N–H and O–H groups in total. The summed E-state index contributed by atoms with van der Waals surface area (Å²) in [6, 6.07) is 0. The van der Waals surface area contributed by atoms with E-state index in [1.165, 1.54) is 11.3 Å². The Labute approximate surface area is 105 Å². The molecule has 0 bridgehead atoms. The maximum absolute atomic E-state index is 11.8. The first-order valence-corrected chi connectivity index (χ1v) is 6.73. The second-order valence-electron chi connectivity index (χ2n) is 5.25. The summed E-state index contributed by atoms with van der Waals surface area (Å²) in [4.78, 5) is 16.1. The Balaban J connectivity index is 2.16. The number of nitrogens with two attached hydrogens (primary N) is 1. The topological polar surface area (TPSA) is 65.2 Å². The maximum atomic E-state index is 11.8. The summed E-state index contributed by atoms with van der Waals surface area (Å²) in [6.45, 7) is 6.15. The summed E-state index contributed by atoms with van der Waals surface area (Å²) in [6.07, 6.45) is 1.57. The van der Waals surface area contributed by atoms with Crippen molar-refractivity contribution in [3.8, 4) is 0 Å². The lowest BCUT2D eigenvalue weighted by molar-refractivity contribution is -0.150. The molecule has 0 aliphatic carbocycles. The molecule has 94 valence electrons. The van der Waals surface area contributed by atoms with Crippen LogP contribution in [0.1, 0.15) is 39.3 Å². The average molecular weight is 254 g/mol. The molecule has 0 spiro atoms. The lowest BCUT2D eigenvalue weighted by atomic mass is 9.88. The second kappa shape index (κ2) is 4.29. The van der Waals surface area contributed by atoms with Gasteiger partial charge in [0.25, 0.3) is 0 Å². The molecule has 1 aromatic rings. The van der Waals surface area contributed by atoms with Crippen LogP contribution in [0.2, 0.25) is 0 Å². The van der Waals surface area contributed by atoms with Gasteiger partial charge < -0.3 is 10.5 Å². The van der Waals surface area contributed by atoms with Gasteiger partial charge in [-0.2, -0.15) is 0 Å². The number of rotatable bonds is 3. The van der Waals surface area contributed by atoms with Crippen molar-refractivity contribution in [2.24, 2.45) is 11.8 Å². The summed E-state index contributed by atoms with van der Waals surface area (Å²) in [5.41, 5.74) is 5.81. The first kappa shape index (κ1) is 12.4. The van der Waals surface area contributed by atoms with E-state index in [-0.39, 0.29) is 11.9 Å². The highest BCUT2D eigenvalue weighted by Crippen LogP contribution is 2.42. The Morgan fingerprint density at radius 2 is 2.41 bits per heavy atom. The van der Waals surface area contributed by atoms with Gasteiger partial charge in [-0.3, -0.25) is 4.79 Å². The molecule has 1 saturated heterocycles. The van der Waals surface area contributed by atoms with E-state index in [0.717, 1.165) is 12.1 Å². The number of nitrogens with zero attached hydrogens (tertiary/aromatic N) is 1. The van der Waals surface area contributed by atoms with Crippen molar-refractivity contribution in [3.05, 3.63) is 11.1 Å². The number of hydrogen-bond acceptors (Lipinski definition) is 5. The van der Waals surface area contributed by atoms with Crippen LogP contribution in [0, 0.1) is 11.8 Å². The van der Waals surface area contributed by atoms with Gasteiger partial charge in [0, 0.05) is 11.8 Å². The second-order valence-corrected chi connectivity index (χ2v) is 6.14. The smallest absolute Gasteiger partial charge is 0.310 e. The molecule has 0 amide bonds. The zero-order chi connectivity index (χ0) is 12.6. The Kier molecular flexibility index (Phi) is 3.12. The van der Waals surface area contributed by atoms with Crippen molar-refractivity contribution in [1.29, 1.82) is 0 Å². The predicted molar refractivity (Wildman–Crippen MR) is 67.5 cm³/mol. The fourth-order valence-electron chi connectivity index (χ4n) is 2.34. The van der Waals surface area contributed by atoms with E-state index in [0.29, 0.717) is 17.5 Å². The molecule has 2 heterocycles. The van der Waals surface area contributed by atoms with Crippen molar-refractivity contribution in [1.82, 2.24) is 4.98 Å². The van der Waals surface area contributed by atoms with Crippen LogP contribution in [-0.2, 0) is 15.1 Å². The van der Waals surface area contributed by atoms with Crippen molar-refractivity contribution in [3.63, 3.8) is 0 Å². The minimum absolute atomic E-state index is 0.0112. The van der Waals surface area contributed by atoms with Gasteiger partial charge in [-0.15, -0.1) is 11.3 Å². The number of esters is 1. The van der Waals surface area contributed by atoms with Crippen LogP contribution in [0.5, 0.6) is 0 Å². The monoisotopic (exact) mass is 254 g/mol. The molecule has 1 aliphatic rings. The lowest BCUT2D eigenvalue weighted by Crippen LogP contribution is -2.21. The first-order chi connectivity index (χ1) is 7.90. The van der Waals surface area contributed by atoms with Crippen LogP contribution in [0.4, 0.5) is 5.13 Å². The summed E-state index contributed by atoms with van der Waals surface area (Å²) in [5.74, 6) is 0.381. The molecule has 0 saturated carbocycles. The van der Waals surface area contributed by atoms with Crippen molar-refractivity contribution in [2.75, 3.05) is 5.73 Å². The highest BCUT2D eigenvalue weighted by molar-refractivity contribution is 7.13. The van der Waals surface area contributed by atoms with Crippen LogP contribution in [-0.4, -0.2) is 11.0 Å². The SMILES string of the molecule is CC(C)C[C@H]1C[C@@](C)(c2csc(N)n2)OC1=O. The van der Waals surface area contributed by atoms with Crippen LogP contribution < -0.4 is 5.73 Å². The average Bonchev–Trinajstić information content (AvgIpc) is 2.73. The van der Waals surface area contributed by atoms with Crippen LogP contribution in [0.25, 0.3) is 0 Å².